The highest BCUT2D eigenvalue weighted by Crippen LogP contribution is 2.18. The molecule has 0 amide bonds. The van der Waals surface area contributed by atoms with Crippen molar-refractivity contribution >= 4 is 17.9 Å². The van der Waals surface area contributed by atoms with Crippen molar-refractivity contribution in [3.8, 4) is 0 Å². The molecule has 0 aromatic carbocycles. The summed E-state index contributed by atoms with van der Waals surface area (Å²) in [6.45, 7) is 4.82. The number of esters is 2. The van der Waals surface area contributed by atoms with Crippen LogP contribution in [0.2, 0.25) is 0 Å². The second-order valence-electron chi connectivity index (χ2n) is 25.2. The number of hydrogen-bond acceptors (Lipinski definition) is 7. The molecule has 0 radical (unpaired) electrons. The lowest BCUT2D eigenvalue weighted by Crippen LogP contribution is -2.40. The lowest BCUT2D eigenvalue weighted by atomic mass is 10.0. The third kappa shape index (κ3) is 66.3. The van der Waals surface area contributed by atoms with Gasteiger partial charge in [0.2, 0.25) is 0 Å². The van der Waals surface area contributed by atoms with Gasteiger partial charge >= 0.3 is 17.9 Å². The van der Waals surface area contributed by atoms with Gasteiger partial charge in [-0.15, -0.1) is 0 Å². The molecule has 0 bridgehead atoms. The van der Waals surface area contributed by atoms with E-state index >= 15 is 0 Å². The standard InChI is InChI=1S/C75H135NO8/c1-6-8-10-12-14-16-18-20-22-24-26-28-30-31-32-33-34-35-36-37-38-39-40-41-42-43-44-46-48-50-52-54-56-58-60-62-64-66-73(78)84-71(70-83-75(74(79)80)81-68-67-76(3,4)5)69-82-72(77)65-63-61-59-57-55-53-51-49-47-45-29-27-25-23-21-19-17-15-13-11-9-7-2/h8,10,14,16,20,22,26,28,31-32,34-35,71,75H,6-7,9,11-13,15,17-19,21,23-25,27,29-30,33,36-70H2,1-5H3/p+1/b10-8-,16-14-,22-20-,28-26-,32-31-,35-34-. The smallest absolute Gasteiger partial charge is 0.361 e. The van der Waals surface area contributed by atoms with Crippen molar-refractivity contribution in [2.24, 2.45) is 0 Å². The lowest BCUT2D eigenvalue weighted by Gasteiger charge is -2.25. The maximum atomic E-state index is 12.9. The predicted octanol–water partition coefficient (Wildman–Crippen LogP) is 22.1. The van der Waals surface area contributed by atoms with Gasteiger partial charge < -0.3 is 28.5 Å². The Balaban J connectivity index is 4.04. The van der Waals surface area contributed by atoms with Gasteiger partial charge in [0.1, 0.15) is 13.2 Å². The van der Waals surface area contributed by atoms with Gasteiger partial charge in [0.05, 0.1) is 34.4 Å². The molecule has 0 spiro atoms. The van der Waals surface area contributed by atoms with Crippen molar-refractivity contribution < 1.29 is 42.9 Å². The number of ether oxygens (including phenoxy) is 4. The second-order valence-corrected chi connectivity index (χ2v) is 25.2. The van der Waals surface area contributed by atoms with E-state index in [1.54, 1.807) is 0 Å². The number of aliphatic carboxylic acids is 1. The van der Waals surface area contributed by atoms with Crippen LogP contribution in [0.1, 0.15) is 328 Å². The highest BCUT2D eigenvalue weighted by atomic mass is 16.7. The molecule has 0 heterocycles. The van der Waals surface area contributed by atoms with Gasteiger partial charge in [-0.25, -0.2) is 4.79 Å². The predicted molar refractivity (Wildman–Crippen MR) is 359 cm³/mol. The first-order valence-electron chi connectivity index (χ1n) is 35.6. The number of quaternary nitrogens is 1. The first kappa shape index (κ1) is 80.7. The molecule has 0 aliphatic carbocycles. The normalized spacial score (nSPS) is 13.1. The summed E-state index contributed by atoms with van der Waals surface area (Å²) in [7, 11) is 5.99. The minimum atomic E-state index is -1.51. The molecule has 0 aromatic heterocycles. The van der Waals surface area contributed by atoms with Gasteiger partial charge in [0.15, 0.2) is 6.10 Å². The van der Waals surface area contributed by atoms with Crippen LogP contribution in [0, 0.1) is 0 Å². The van der Waals surface area contributed by atoms with E-state index in [2.05, 4.69) is 86.8 Å². The lowest BCUT2D eigenvalue weighted by molar-refractivity contribution is -0.870. The third-order valence-corrected chi connectivity index (χ3v) is 15.7. The minimum absolute atomic E-state index is 0.178. The molecule has 0 fully saturated rings. The number of carboxylic acids is 1. The Kier molecular flexibility index (Phi) is 63.1. The Bertz CT molecular complexity index is 1610. The first-order chi connectivity index (χ1) is 41.1. The fourth-order valence-corrected chi connectivity index (χ4v) is 10.3. The summed E-state index contributed by atoms with van der Waals surface area (Å²) in [6, 6.07) is 0. The van der Waals surface area contributed by atoms with Crippen molar-refractivity contribution in [3.05, 3.63) is 72.9 Å². The van der Waals surface area contributed by atoms with E-state index in [1.807, 2.05) is 21.1 Å². The molecule has 2 atom stereocenters. The summed E-state index contributed by atoms with van der Waals surface area (Å²) >= 11 is 0. The van der Waals surface area contributed by atoms with Crippen LogP contribution in [0.25, 0.3) is 0 Å². The summed E-state index contributed by atoms with van der Waals surface area (Å²) in [6.07, 6.45) is 84.5. The zero-order chi connectivity index (χ0) is 61.2. The van der Waals surface area contributed by atoms with Crippen LogP contribution in [0.5, 0.6) is 0 Å². The topological polar surface area (TPSA) is 108 Å². The van der Waals surface area contributed by atoms with Crippen molar-refractivity contribution in [1.82, 2.24) is 0 Å². The Morgan fingerprint density at radius 1 is 0.369 bits per heavy atom. The Hall–Kier alpha value is -3.27. The summed E-state index contributed by atoms with van der Waals surface area (Å²) in [4.78, 5) is 37.6. The fraction of sp³-hybridized carbons (Fsp3) is 0.800. The number of unbranched alkanes of at least 4 members (excludes halogenated alkanes) is 39. The molecule has 0 aromatic rings. The quantitative estimate of drug-likeness (QED) is 0.0211. The maximum absolute atomic E-state index is 12.9. The van der Waals surface area contributed by atoms with E-state index in [9.17, 15) is 19.5 Å². The number of hydrogen-bond donors (Lipinski definition) is 1. The molecule has 0 aliphatic rings. The molecule has 1 N–H and O–H groups in total. The van der Waals surface area contributed by atoms with E-state index < -0.39 is 18.4 Å². The summed E-state index contributed by atoms with van der Waals surface area (Å²) in [5, 5.41) is 9.75. The Morgan fingerprint density at radius 2 is 0.679 bits per heavy atom. The van der Waals surface area contributed by atoms with Gasteiger partial charge in [-0.3, -0.25) is 9.59 Å². The number of carboxylic acid groups (broad SMARTS) is 1. The number of nitrogens with zero attached hydrogens (tertiary/aromatic N) is 1. The van der Waals surface area contributed by atoms with Crippen LogP contribution >= 0.6 is 0 Å². The average Bonchev–Trinajstić information content (AvgIpc) is 3.55. The number of rotatable bonds is 66. The number of carbonyl (C=O) groups excluding carboxylic acids is 2. The van der Waals surface area contributed by atoms with E-state index in [0.29, 0.717) is 17.4 Å². The van der Waals surface area contributed by atoms with Crippen LogP contribution in [-0.4, -0.2) is 87.4 Å². The molecular weight excluding hydrogens is 1040 g/mol. The Morgan fingerprint density at radius 3 is 1.01 bits per heavy atom. The monoisotopic (exact) mass is 1180 g/mol. The molecule has 2 unspecified atom stereocenters. The van der Waals surface area contributed by atoms with E-state index in [-0.39, 0.29) is 38.2 Å². The third-order valence-electron chi connectivity index (χ3n) is 15.7. The van der Waals surface area contributed by atoms with E-state index in [1.165, 1.54) is 225 Å². The van der Waals surface area contributed by atoms with Gasteiger partial charge in [0.25, 0.3) is 6.29 Å². The zero-order valence-electron chi connectivity index (χ0n) is 55.8. The van der Waals surface area contributed by atoms with Gasteiger partial charge in [0, 0.05) is 12.8 Å². The summed E-state index contributed by atoms with van der Waals surface area (Å²) in [5.74, 6) is -1.98. The molecular formula is C75H136NO8+. The number of likely N-dealkylation sites (N-methyl/N-ethyl adjacent to an activating group) is 1. The highest BCUT2D eigenvalue weighted by molar-refractivity contribution is 5.71. The van der Waals surface area contributed by atoms with E-state index in [4.69, 9.17) is 18.9 Å². The van der Waals surface area contributed by atoms with Gasteiger partial charge in [-0.1, -0.05) is 324 Å². The molecule has 0 rings (SSSR count). The molecule has 84 heavy (non-hydrogen) atoms. The molecule has 9 nitrogen and oxygen atoms in total. The Labute approximate surface area is 519 Å². The molecule has 488 valence electrons. The fourth-order valence-electron chi connectivity index (χ4n) is 10.3. The van der Waals surface area contributed by atoms with Crippen molar-refractivity contribution in [2.75, 3.05) is 47.5 Å². The van der Waals surface area contributed by atoms with Crippen LogP contribution in [0.4, 0.5) is 0 Å². The van der Waals surface area contributed by atoms with E-state index in [0.717, 1.165) is 77.0 Å². The highest BCUT2D eigenvalue weighted by Gasteiger charge is 2.25. The van der Waals surface area contributed by atoms with Crippen LogP contribution in [0.3, 0.4) is 0 Å². The zero-order valence-corrected chi connectivity index (χ0v) is 55.8. The maximum Gasteiger partial charge on any atom is 0.361 e. The molecule has 0 saturated heterocycles. The van der Waals surface area contributed by atoms with Crippen molar-refractivity contribution in [1.29, 1.82) is 0 Å². The SMILES string of the molecule is CC/C=C\C/C=C\C/C=C\C/C=C\C/C=C\C/C=C\CCCCCCCCCCCCCCCCCCCCC(=O)OC(COC(=O)CCCCCCCCCCCCCCCCCCCCCCCC)COC(OCC[N+](C)(C)C)C(=O)O. The molecule has 0 saturated carbocycles. The average molecular weight is 1180 g/mol. The van der Waals surface area contributed by atoms with Gasteiger partial charge in [-0.05, 0) is 64.2 Å². The van der Waals surface area contributed by atoms with Crippen LogP contribution < -0.4 is 0 Å². The van der Waals surface area contributed by atoms with Gasteiger partial charge in [-0.2, -0.15) is 0 Å². The van der Waals surface area contributed by atoms with Crippen LogP contribution in [0.15, 0.2) is 72.9 Å². The summed E-state index contributed by atoms with van der Waals surface area (Å²) < 4.78 is 23.0. The number of carbonyl (C=O) groups is 3. The van der Waals surface area contributed by atoms with Crippen LogP contribution in [-0.2, 0) is 33.3 Å². The largest absolute Gasteiger partial charge is 0.477 e. The number of allylic oxidation sites excluding steroid dienone is 12. The van der Waals surface area contributed by atoms with Crippen molar-refractivity contribution in [2.45, 2.75) is 341 Å². The minimum Gasteiger partial charge on any atom is -0.477 e. The summed E-state index contributed by atoms with van der Waals surface area (Å²) in [5.41, 5.74) is 0. The molecule has 9 heteroatoms. The molecule has 0 aliphatic heterocycles. The van der Waals surface area contributed by atoms with Crippen molar-refractivity contribution in [3.63, 3.8) is 0 Å². The first-order valence-corrected chi connectivity index (χ1v) is 35.6. The second kappa shape index (κ2) is 65.7.